The second-order valence-corrected chi connectivity index (χ2v) is 4.88. The number of carbonyl (C=O) groups is 2. The summed E-state index contributed by atoms with van der Waals surface area (Å²) < 4.78 is 9.24. The zero-order valence-electron chi connectivity index (χ0n) is 13.1. The molecule has 0 aliphatic rings. The van der Waals surface area contributed by atoms with Crippen LogP contribution in [0.2, 0.25) is 0 Å². The minimum atomic E-state index is -0.446. The summed E-state index contributed by atoms with van der Waals surface area (Å²) in [6, 6.07) is 0. The van der Waals surface area contributed by atoms with E-state index in [0.29, 0.717) is 5.57 Å². The third-order valence-electron chi connectivity index (χ3n) is 3.21. The van der Waals surface area contributed by atoms with Crippen molar-refractivity contribution < 1.29 is 19.1 Å². The Balaban J connectivity index is 3.95. The summed E-state index contributed by atoms with van der Waals surface area (Å²) >= 11 is 0. The molecule has 0 spiro atoms. The molecule has 0 saturated carbocycles. The first-order valence-corrected chi connectivity index (χ1v) is 7.49. The van der Waals surface area contributed by atoms with Gasteiger partial charge in [0.05, 0.1) is 20.6 Å². The molecular formula is C16H28O4. The van der Waals surface area contributed by atoms with Crippen LogP contribution in [0.3, 0.4) is 0 Å². The van der Waals surface area contributed by atoms with Gasteiger partial charge in [-0.1, -0.05) is 51.5 Å². The number of unbranched alkanes of at least 4 members (excludes halogenated alkanes) is 7. The molecule has 0 rings (SSSR count). The Hall–Kier alpha value is -1.32. The Morgan fingerprint density at radius 1 is 0.900 bits per heavy atom. The largest absolute Gasteiger partial charge is 0.469 e. The Morgan fingerprint density at radius 3 is 2.05 bits per heavy atom. The topological polar surface area (TPSA) is 52.6 Å². The van der Waals surface area contributed by atoms with Crippen molar-refractivity contribution in [2.75, 3.05) is 14.2 Å². The van der Waals surface area contributed by atoms with E-state index in [9.17, 15) is 9.59 Å². The fraction of sp³-hybridized carbons (Fsp3) is 0.750. The van der Waals surface area contributed by atoms with Crippen LogP contribution in [0.15, 0.2) is 11.6 Å². The molecule has 4 heteroatoms. The minimum absolute atomic E-state index is 0.0142. The van der Waals surface area contributed by atoms with Gasteiger partial charge in [-0.25, -0.2) is 4.79 Å². The first-order chi connectivity index (χ1) is 9.65. The second kappa shape index (κ2) is 12.7. The highest BCUT2D eigenvalue weighted by molar-refractivity contribution is 5.93. The maximum Gasteiger partial charge on any atom is 0.333 e. The zero-order valence-corrected chi connectivity index (χ0v) is 13.1. The molecule has 0 aromatic rings. The fourth-order valence-electron chi connectivity index (χ4n) is 1.96. The third kappa shape index (κ3) is 9.59. The van der Waals surface area contributed by atoms with E-state index in [2.05, 4.69) is 16.4 Å². The van der Waals surface area contributed by atoms with E-state index in [4.69, 9.17) is 0 Å². The van der Waals surface area contributed by atoms with Crippen LogP contribution in [-0.2, 0) is 19.1 Å². The van der Waals surface area contributed by atoms with Crippen LogP contribution >= 0.6 is 0 Å². The van der Waals surface area contributed by atoms with E-state index in [1.807, 2.05) is 0 Å². The van der Waals surface area contributed by atoms with Gasteiger partial charge in [0, 0.05) is 5.57 Å². The minimum Gasteiger partial charge on any atom is -0.469 e. The Labute approximate surface area is 122 Å². The van der Waals surface area contributed by atoms with Gasteiger partial charge in [-0.2, -0.15) is 0 Å². The third-order valence-corrected chi connectivity index (χ3v) is 3.21. The number of carbonyl (C=O) groups excluding carboxylic acids is 2. The van der Waals surface area contributed by atoms with Crippen molar-refractivity contribution in [3.8, 4) is 0 Å². The van der Waals surface area contributed by atoms with Gasteiger partial charge in [-0.15, -0.1) is 0 Å². The quantitative estimate of drug-likeness (QED) is 0.329. The molecule has 116 valence electrons. The van der Waals surface area contributed by atoms with Gasteiger partial charge < -0.3 is 9.47 Å². The van der Waals surface area contributed by atoms with E-state index in [1.165, 1.54) is 46.3 Å². The molecule has 0 N–H and O–H groups in total. The second-order valence-electron chi connectivity index (χ2n) is 4.88. The highest BCUT2D eigenvalue weighted by atomic mass is 16.5. The van der Waals surface area contributed by atoms with E-state index in [0.717, 1.165) is 19.3 Å². The number of rotatable bonds is 11. The first kappa shape index (κ1) is 18.7. The average Bonchev–Trinajstić information content (AvgIpc) is 2.47. The van der Waals surface area contributed by atoms with Gasteiger partial charge >= 0.3 is 11.9 Å². The van der Waals surface area contributed by atoms with Crippen LogP contribution in [0, 0.1) is 0 Å². The molecule has 0 aliphatic carbocycles. The standard InChI is InChI=1S/C16H28O4/c1-4-5-6-7-8-9-10-11-12-14(16(18)20-3)13-15(17)19-2/h12H,4-11,13H2,1-3H3/b14-12+. The summed E-state index contributed by atoms with van der Waals surface area (Å²) in [5.74, 6) is -0.862. The molecule has 20 heavy (non-hydrogen) atoms. The summed E-state index contributed by atoms with van der Waals surface area (Å²) in [5.41, 5.74) is 0.394. The van der Waals surface area contributed by atoms with Crippen molar-refractivity contribution in [1.82, 2.24) is 0 Å². The monoisotopic (exact) mass is 284 g/mol. The van der Waals surface area contributed by atoms with Gasteiger partial charge in [-0.3, -0.25) is 4.79 Å². The lowest BCUT2D eigenvalue weighted by atomic mass is 10.1. The molecule has 0 fully saturated rings. The van der Waals surface area contributed by atoms with Gasteiger partial charge in [0.1, 0.15) is 0 Å². The van der Waals surface area contributed by atoms with E-state index < -0.39 is 11.9 Å². The molecule has 0 radical (unpaired) electrons. The molecule has 0 aromatic heterocycles. The van der Waals surface area contributed by atoms with Gasteiger partial charge in [0.2, 0.25) is 0 Å². The highest BCUT2D eigenvalue weighted by Crippen LogP contribution is 2.12. The summed E-state index contributed by atoms with van der Waals surface area (Å²) in [6.07, 6.45) is 11.2. The predicted octanol–water partition coefficient (Wildman–Crippen LogP) is 3.79. The smallest absolute Gasteiger partial charge is 0.333 e. The summed E-state index contributed by atoms with van der Waals surface area (Å²) in [4.78, 5) is 22.7. The lowest BCUT2D eigenvalue weighted by Crippen LogP contribution is -2.11. The maximum absolute atomic E-state index is 11.5. The van der Waals surface area contributed by atoms with Gasteiger partial charge in [-0.05, 0) is 12.8 Å². The number of methoxy groups -OCH3 is 2. The van der Waals surface area contributed by atoms with E-state index in [-0.39, 0.29) is 6.42 Å². The number of allylic oxidation sites excluding steroid dienone is 1. The molecular weight excluding hydrogens is 256 g/mol. The van der Waals surface area contributed by atoms with E-state index >= 15 is 0 Å². The number of hydrogen-bond donors (Lipinski definition) is 0. The van der Waals surface area contributed by atoms with Crippen molar-refractivity contribution in [3.63, 3.8) is 0 Å². The van der Waals surface area contributed by atoms with Gasteiger partial charge in [0.25, 0.3) is 0 Å². The van der Waals surface area contributed by atoms with Gasteiger partial charge in [0.15, 0.2) is 0 Å². The molecule has 0 amide bonds. The Bertz CT molecular complexity index is 308. The number of esters is 2. The molecule has 0 aliphatic heterocycles. The average molecular weight is 284 g/mol. The predicted molar refractivity (Wildman–Crippen MR) is 79.3 cm³/mol. The van der Waals surface area contributed by atoms with Crippen molar-refractivity contribution in [2.24, 2.45) is 0 Å². The van der Waals surface area contributed by atoms with Crippen LogP contribution in [0.1, 0.15) is 64.7 Å². The van der Waals surface area contributed by atoms with Crippen LogP contribution in [0.25, 0.3) is 0 Å². The number of hydrogen-bond acceptors (Lipinski definition) is 4. The molecule has 0 aromatic carbocycles. The summed E-state index contributed by atoms with van der Waals surface area (Å²) in [7, 11) is 2.63. The Kier molecular flexibility index (Phi) is 11.9. The summed E-state index contributed by atoms with van der Waals surface area (Å²) in [5, 5.41) is 0. The normalized spacial score (nSPS) is 11.2. The van der Waals surface area contributed by atoms with Crippen molar-refractivity contribution in [3.05, 3.63) is 11.6 Å². The van der Waals surface area contributed by atoms with Crippen LogP contribution in [0.4, 0.5) is 0 Å². The van der Waals surface area contributed by atoms with Crippen molar-refractivity contribution >= 4 is 11.9 Å². The first-order valence-electron chi connectivity index (χ1n) is 7.49. The molecule has 4 nitrogen and oxygen atoms in total. The van der Waals surface area contributed by atoms with Crippen molar-refractivity contribution in [1.29, 1.82) is 0 Å². The SMILES string of the molecule is CCCCCCCCC/C=C(\CC(=O)OC)C(=O)OC. The van der Waals surface area contributed by atoms with Crippen LogP contribution in [0.5, 0.6) is 0 Å². The van der Waals surface area contributed by atoms with Crippen LogP contribution < -0.4 is 0 Å². The number of ether oxygens (including phenoxy) is 2. The highest BCUT2D eigenvalue weighted by Gasteiger charge is 2.14. The Morgan fingerprint density at radius 2 is 1.50 bits per heavy atom. The molecule has 0 saturated heterocycles. The molecule has 0 unspecified atom stereocenters. The molecule has 0 heterocycles. The lowest BCUT2D eigenvalue weighted by Gasteiger charge is -2.04. The lowest BCUT2D eigenvalue weighted by molar-refractivity contribution is -0.143. The maximum atomic E-state index is 11.5. The van der Waals surface area contributed by atoms with E-state index in [1.54, 1.807) is 6.08 Å². The van der Waals surface area contributed by atoms with Crippen molar-refractivity contribution in [2.45, 2.75) is 64.7 Å². The zero-order chi connectivity index (χ0) is 15.2. The molecule has 0 atom stereocenters. The fourth-order valence-corrected chi connectivity index (χ4v) is 1.96. The molecule has 0 bridgehead atoms. The summed E-state index contributed by atoms with van der Waals surface area (Å²) in [6.45, 7) is 2.21. The van der Waals surface area contributed by atoms with Crippen LogP contribution in [-0.4, -0.2) is 26.2 Å².